The molecule has 8 nitrogen and oxygen atoms in total. The van der Waals surface area contributed by atoms with Crippen LogP contribution in [0.15, 0.2) is 29.4 Å². The molecular formula is C22H28FN5O3S. The molecule has 1 saturated carbocycles. The number of rotatable bonds is 6. The third kappa shape index (κ3) is 4.46. The second-order valence-corrected chi connectivity index (χ2v) is 9.33. The molecule has 2 heterocycles. The smallest absolute Gasteiger partial charge is 0.234 e. The van der Waals surface area contributed by atoms with E-state index >= 15 is 0 Å². The Balaban J connectivity index is 1.41. The van der Waals surface area contributed by atoms with E-state index < -0.39 is 6.17 Å². The number of amides is 2. The fraction of sp³-hybridized carbons (Fsp3) is 0.545. The van der Waals surface area contributed by atoms with Crippen LogP contribution in [0, 0.1) is 5.92 Å². The summed E-state index contributed by atoms with van der Waals surface area (Å²) < 4.78 is 14.1. The second-order valence-electron chi connectivity index (χ2n) is 8.39. The molecular weight excluding hydrogens is 433 g/mol. The van der Waals surface area contributed by atoms with E-state index in [9.17, 15) is 18.8 Å². The number of benzene rings is 1. The van der Waals surface area contributed by atoms with Crippen LogP contribution in [0.3, 0.4) is 0 Å². The normalized spacial score (nSPS) is 26.7. The Morgan fingerprint density at radius 1 is 1.28 bits per heavy atom. The Bertz CT molecular complexity index is 925. The first-order valence-electron chi connectivity index (χ1n) is 11.0. The predicted octanol–water partition coefficient (Wildman–Crippen LogP) is 2.78. The molecule has 10 heteroatoms. The van der Waals surface area contributed by atoms with Crippen LogP contribution >= 0.6 is 11.8 Å². The molecule has 1 saturated heterocycles. The van der Waals surface area contributed by atoms with Gasteiger partial charge in [0.25, 0.3) is 0 Å². The van der Waals surface area contributed by atoms with Crippen molar-refractivity contribution in [3.05, 3.63) is 29.8 Å². The molecule has 3 aliphatic rings. The monoisotopic (exact) mass is 461 g/mol. The maximum Gasteiger partial charge on any atom is 0.234 e. The first kappa shape index (κ1) is 22.6. The number of hydrogen-bond acceptors (Lipinski definition) is 7. The molecule has 0 spiro atoms. The van der Waals surface area contributed by atoms with Crippen LogP contribution < -0.4 is 10.7 Å². The van der Waals surface area contributed by atoms with E-state index in [1.165, 1.54) is 18.7 Å². The number of carbonyl (C=O) groups excluding carboxylic acids is 3. The molecule has 4 unspecified atom stereocenters. The van der Waals surface area contributed by atoms with Gasteiger partial charge in [-0.25, -0.2) is 4.39 Å². The van der Waals surface area contributed by atoms with Crippen molar-refractivity contribution in [1.29, 1.82) is 0 Å². The molecule has 2 fully saturated rings. The van der Waals surface area contributed by atoms with E-state index in [0.29, 0.717) is 35.8 Å². The number of anilines is 1. The maximum absolute atomic E-state index is 14.1. The highest BCUT2D eigenvalue weighted by atomic mass is 32.2. The third-order valence-corrected chi connectivity index (χ3v) is 7.10. The number of amidine groups is 1. The van der Waals surface area contributed by atoms with Gasteiger partial charge in [0.15, 0.2) is 17.2 Å². The Kier molecular flexibility index (Phi) is 6.68. The van der Waals surface area contributed by atoms with Crippen LogP contribution in [-0.2, 0) is 9.59 Å². The highest BCUT2D eigenvalue weighted by Gasteiger charge is 2.52. The third-order valence-electron chi connectivity index (χ3n) is 6.13. The molecule has 32 heavy (non-hydrogen) atoms. The second kappa shape index (κ2) is 9.48. The van der Waals surface area contributed by atoms with Gasteiger partial charge in [-0.3, -0.25) is 19.8 Å². The van der Waals surface area contributed by atoms with Crippen LogP contribution in [-0.4, -0.2) is 63.4 Å². The largest absolute Gasteiger partial charge is 0.325 e. The average molecular weight is 462 g/mol. The molecule has 2 N–H and O–H groups in total. The molecule has 1 aliphatic carbocycles. The molecule has 0 radical (unpaired) electrons. The van der Waals surface area contributed by atoms with Crippen molar-refractivity contribution in [2.45, 2.75) is 58.0 Å². The van der Waals surface area contributed by atoms with E-state index in [4.69, 9.17) is 0 Å². The Morgan fingerprint density at radius 2 is 2.03 bits per heavy atom. The summed E-state index contributed by atoms with van der Waals surface area (Å²) in [7, 11) is 0. The summed E-state index contributed by atoms with van der Waals surface area (Å²) >= 11 is 1.30. The van der Waals surface area contributed by atoms with Crippen molar-refractivity contribution in [2.75, 3.05) is 17.6 Å². The van der Waals surface area contributed by atoms with Crippen LogP contribution in [0.5, 0.6) is 0 Å². The number of fused-ring (bicyclic) bond motifs is 3. The zero-order valence-electron chi connectivity index (χ0n) is 18.2. The van der Waals surface area contributed by atoms with Gasteiger partial charge in [-0.15, -0.1) is 0 Å². The number of ketones is 1. The number of halogens is 1. The van der Waals surface area contributed by atoms with Crippen LogP contribution in [0.2, 0.25) is 0 Å². The lowest BCUT2D eigenvalue weighted by atomic mass is 9.80. The standard InChI is InChI=1S/C22H28FN5O3S/c1-3-10-27-20(31)17-11-15(23)6-9-18(17)28-21(27)25-26-22(28)32-12-19(30)24-16-7-4-14(5-8-16)13(2)29/h4-5,7-8,15,17-18,21,25H,3,6,9-12H2,1-2H3,(H,24,30). The van der Waals surface area contributed by atoms with Gasteiger partial charge >= 0.3 is 0 Å². The molecule has 2 aliphatic heterocycles. The number of nitrogens with zero attached hydrogens (tertiary/aromatic N) is 3. The summed E-state index contributed by atoms with van der Waals surface area (Å²) in [6.45, 7) is 4.06. The van der Waals surface area contributed by atoms with Crippen LogP contribution in [0.1, 0.15) is 49.9 Å². The molecule has 4 atom stereocenters. The fourth-order valence-electron chi connectivity index (χ4n) is 4.61. The minimum atomic E-state index is -0.955. The van der Waals surface area contributed by atoms with E-state index in [0.717, 1.165) is 6.42 Å². The van der Waals surface area contributed by atoms with E-state index in [1.807, 2.05) is 6.92 Å². The zero-order chi connectivity index (χ0) is 22.8. The van der Waals surface area contributed by atoms with Gasteiger partial charge in [0.2, 0.25) is 11.8 Å². The molecule has 172 valence electrons. The summed E-state index contributed by atoms with van der Waals surface area (Å²) in [5, 5.41) is 7.89. The lowest BCUT2D eigenvalue weighted by Crippen LogP contribution is -2.67. The molecule has 4 rings (SSSR count). The van der Waals surface area contributed by atoms with Gasteiger partial charge in [-0.1, -0.05) is 18.7 Å². The number of hydrogen-bond donors (Lipinski definition) is 2. The Morgan fingerprint density at radius 3 is 2.72 bits per heavy atom. The van der Waals surface area contributed by atoms with E-state index in [1.54, 1.807) is 29.2 Å². The molecule has 2 amide bonds. The van der Waals surface area contributed by atoms with Crippen molar-refractivity contribution < 1.29 is 18.8 Å². The number of nitrogens with one attached hydrogen (secondary N) is 2. The van der Waals surface area contributed by atoms with Crippen LogP contribution in [0.25, 0.3) is 0 Å². The number of carbonyl (C=O) groups is 3. The minimum Gasteiger partial charge on any atom is -0.325 e. The van der Waals surface area contributed by atoms with Crippen molar-refractivity contribution in [1.82, 2.24) is 15.2 Å². The highest BCUT2D eigenvalue weighted by molar-refractivity contribution is 8.14. The molecule has 1 aromatic rings. The zero-order valence-corrected chi connectivity index (χ0v) is 19.0. The number of hydrazone groups is 1. The number of Topliss-reactive ketones (excluding diaryl/α,β-unsaturated/α-hetero) is 1. The van der Waals surface area contributed by atoms with Gasteiger partial charge in [-0.2, -0.15) is 5.10 Å². The van der Waals surface area contributed by atoms with Gasteiger partial charge in [0.1, 0.15) is 6.17 Å². The Hall–Kier alpha value is -2.62. The van der Waals surface area contributed by atoms with Crippen LogP contribution in [0.4, 0.5) is 10.1 Å². The molecule has 0 bridgehead atoms. The van der Waals surface area contributed by atoms with Gasteiger partial charge in [0, 0.05) is 23.8 Å². The maximum atomic E-state index is 14.1. The van der Waals surface area contributed by atoms with Gasteiger partial charge in [-0.05, 0) is 56.9 Å². The fourth-order valence-corrected chi connectivity index (χ4v) is 5.45. The summed E-state index contributed by atoms with van der Waals surface area (Å²) in [4.78, 5) is 40.7. The Labute approximate surface area is 191 Å². The first-order valence-corrected chi connectivity index (χ1v) is 12.0. The van der Waals surface area contributed by atoms with Gasteiger partial charge < -0.3 is 15.1 Å². The minimum absolute atomic E-state index is 0.0128. The van der Waals surface area contributed by atoms with E-state index in [-0.39, 0.29) is 48.0 Å². The molecule has 1 aromatic carbocycles. The van der Waals surface area contributed by atoms with Crippen molar-refractivity contribution in [2.24, 2.45) is 11.0 Å². The summed E-state index contributed by atoms with van der Waals surface area (Å²) in [5.41, 5.74) is 4.25. The lowest BCUT2D eigenvalue weighted by molar-refractivity contribution is -0.156. The summed E-state index contributed by atoms with van der Waals surface area (Å²) in [6.07, 6.45) is 0.710. The van der Waals surface area contributed by atoms with E-state index in [2.05, 4.69) is 20.7 Å². The first-order chi connectivity index (χ1) is 15.4. The van der Waals surface area contributed by atoms with Crippen molar-refractivity contribution >= 4 is 40.2 Å². The summed E-state index contributed by atoms with van der Waals surface area (Å²) in [5.74, 6) is -0.485. The highest BCUT2D eigenvalue weighted by Crippen LogP contribution is 2.39. The quantitative estimate of drug-likeness (QED) is 0.633. The topological polar surface area (TPSA) is 94.1 Å². The summed E-state index contributed by atoms with van der Waals surface area (Å²) in [6, 6.07) is 6.63. The molecule has 0 aromatic heterocycles. The average Bonchev–Trinajstić information content (AvgIpc) is 3.19. The van der Waals surface area contributed by atoms with Gasteiger partial charge in [0.05, 0.1) is 11.7 Å². The van der Waals surface area contributed by atoms with Crippen molar-refractivity contribution in [3.8, 4) is 0 Å². The number of thioether (sulfide) groups is 1. The lowest BCUT2D eigenvalue weighted by Gasteiger charge is -2.50. The SMILES string of the molecule is CCCN1C(=O)C2CC(F)CCC2N2C(SCC(=O)Nc3ccc(C(C)=O)cc3)=NNC12. The van der Waals surface area contributed by atoms with Crippen molar-refractivity contribution in [3.63, 3.8) is 0 Å². The number of alkyl halides is 1. The predicted molar refractivity (Wildman–Crippen MR) is 122 cm³/mol.